The molecule has 0 saturated heterocycles. The first kappa shape index (κ1) is 26.5. The van der Waals surface area contributed by atoms with Gasteiger partial charge in [-0.3, -0.25) is 4.79 Å². The highest BCUT2D eigenvalue weighted by atomic mass is 32.2. The molecule has 1 saturated carbocycles. The van der Waals surface area contributed by atoms with Gasteiger partial charge in [-0.15, -0.1) is 0 Å². The van der Waals surface area contributed by atoms with Crippen molar-refractivity contribution >= 4 is 22.0 Å². The van der Waals surface area contributed by atoms with Crippen LogP contribution in [0.2, 0.25) is 0 Å². The quantitative estimate of drug-likeness (QED) is 0.331. The molecule has 1 aliphatic carbocycles. The Morgan fingerprint density at radius 2 is 1.78 bits per heavy atom. The third-order valence-corrected chi connectivity index (χ3v) is 7.76. The van der Waals surface area contributed by atoms with Crippen LogP contribution in [0.15, 0.2) is 76.8 Å². The van der Waals surface area contributed by atoms with Crippen molar-refractivity contribution in [3.63, 3.8) is 0 Å². The molecule has 3 aromatic rings. The van der Waals surface area contributed by atoms with Crippen molar-refractivity contribution in [1.29, 1.82) is 0 Å². The van der Waals surface area contributed by atoms with Crippen LogP contribution in [0.1, 0.15) is 29.7 Å². The number of hydrogen-bond acceptors (Lipinski definition) is 6. The molecule has 9 heteroatoms. The summed E-state index contributed by atoms with van der Waals surface area (Å²) in [7, 11) is -0.624. The Kier molecular flexibility index (Phi) is 8.68. The summed E-state index contributed by atoms with van der Waals surface area (Å²) in [5.41, 5.74) is 1.75. The van der Waals surface area contributed by atoms with E-state index < -0.39 is 10.0 Å². The zero-order valence-electron chi connectivity index (χ0n) is 21.1. The maximum atomic E-state index is 13.5. The molecule has 0 unspecified atom stereocenters. The van der Waals surface area contributed by atoms with Gasteiger partial charge < -0.3 is 18.8 Å². The number of ether oxygens (including phenoxy) is 2. The molecule has 4 rings (SSSR count). The van der Waals surface area contributed by atoms with Gasteiger partial charge >= 0.3 is 0 Å². The lowest BCUT2D eigenvalue weighted by Gasteiger charge is -2.26. The Labute approximate surface area is 218 Å². The van der Waals surface area contributed by atoms with Crippen molar-refractivity contribution in [3.8, 4) is 11.5 Å². The van der Waals surface area contributed by atoms with E-state index >= 15 is 0 Å². The third-order valence-electron chi connectivity index (χ3n) is 6.20. The summed E-state index contributed by atoms with van der Waals surface area (Å²) in [6.07, 6.45) is 5.16. The number of methoxy groups -OCH3 is 2. The topological polar surface area (TPSA) is 89.3 Å². The van der Waals surface area contributed by atoms with E-state index in [2.05, 4.69) is 0 Å². The monoisotopic (exact) mass is 524 g/mol. The largest absolute Gasteiger partial charge is 0.493 e. The van der Waals surface area contributed by atoms with Crippen molar-refractivity contribution < 1.29 is 27.1 Å². The predicted octanol–water partition coefficient (Wildman–Crippen LogP) is 4.33. The van der Waals surface area contributed by atoms with E-state index in [0.29, 0.717) is 30.2 Å². The lowest BCUT2D eigenvalue weighted by Crippen LogP contribution is -2.43. The lowest BCUT2D eigenvalue weighted by molar-refractivity contribution is -0.132. The van der Waals surface area contributed by atoms with Crippen molar-refractivity contribution in [3.05, 3.63) is 89.2 Å². The molecule has 0 aliphatic heterocycles. The average molecular weight is 525 g/mol. The van der Waals surface area contributed by atoms with E-state index in [4.69, 9.17) is 13.9 Å². The molecule has 1 heterocycles. The summed E-state index contributed by atoms with van der Waals surface area (Å²) < 4.78 is 43.9. The smallest absolute Gasteiger partial charge is 0.238 e. The minimum atomic E-state index is -3.78. The van der Waals surface area contributed by atoms with Gasteiger partial charge in [0.25, 0.3) is 0 Å². The van der Waals surface area contributed by atoms with Crippen LogP contribution in [0.5, 0.6) is 11.5 Å². The zero-order chi connectivity index (χ0) is 26.3. The summed E-state index contributed by atoms with van der Waals surface area (Å²) in [6, 6.07) is 18.3. The van der Waals surface area contributed by atoms with Gasteiger partial charge in [0.15, 0.2) is 11.5 Å². The average Bonchev–Trinajstić information content (AvgIpc) is 3.62. The minimum absolute atomic E-state index is 0.161. The maximum Gasteiger partial charge on any atom is 0.238 e. The van der Waals surface area contributed by atoms with E-state index in [9.17, 15) is 13.2 Å². The molecule has 0 bridgehead atoms. The third kappa shape index (κ3) is 7.24. The van der Waals surface area contributed by atoms with Gasteiger partial charge in [-0.2, -0.15) is 4.31 Å². The summed E-state index contributed by atoms with van der Waals surface area (Å²) in [6.45, 7) is 0.406. The zero-order valence-corrected chi connectivity index (χ0v) is 21.9. The van der Waals surface area contributed by atoms with Gasteiger partial charge in [-0.05, 0) is 60.7 Å². The molecule has 0 atom stereocenters. The van der Waals surface area contributed by atoms with Gasteiger partial charge in [0.2, 0.25) is 15.9 Å². The van der Waals surface area contributed by atoms with Crippen molar-refractivity contribution in [2.75, 3.05) is 27.3 Å². The van der Waals surface area contributed by atoms with Gasteiger partial charge in [0, 0.05) is 18.0 Å². The van der Waals surface area contributed by atoms with Crippen LogP contribution in [0.3, 0.4) is 0 Å². The number of rotatable bonds is 13. The second-order valence-corrected chi connectivity index (χ2v) is 10.6. The highest BCUT2D eigenvalue weighted by molar-refractivity contribution is 7.92. The van der Waals surface area contributed by atoms with Crippen molar-refractivity contribution in [2.24, 2.45) is 0 Å². The molecule has 37 heavy (non-hydrogen) atoms. The number of furan rings is 1. The molecule has 196 valence electrons. The van der Waals surface area contributed by atoms with Gasteiger partial charge in [-0.1, -0.05) is 36.4 Å². The lowest BCUT2D eigenvalue weighted by atomic mass is 10.1. The molecule has 2 aromatic carbocycles. The predicted molar refractivity (Wildman–Crippen MR) is 141 cm³/mol. The fraction of sp³-hybridized carbons (Fsp3) is 0.321. The van der Waals surface area contributed by atoms with Crippen LogP contribution in [-0.2, 0) is 27.8 Å². The maximum absolute atomic E-state index is 13.5. The van der Waals surface area contributed by atoms with E-state index in [1.54, 1.807) is 43.6 Å². The van der Waals surface area contributed by atoms with Crippen molar-refractivity contribution in [2.45, 2.75) is 31.8 Å². The highest BCUT2D eigenvalue weighted by Crippen LogP contribution is 2.30. The van der Waals surface area contributed by atoms with Gasteiger partial charge in [-0.25, -0.2) is 8.42 Å². The van der Waals surface area contributed by atoms with Crippen LogP contribution in [-0.4, -0.2) is 56.9 Å². The first-order valence-corrected chi connectivity index (χ1v) is 13.7. The summed E-state index contributed by atoms with van der Waals surface area (Å²) in [4.78, 5) is 15.1. The summed E-state index contributed by atoms with van der Waals surface area (Å²) in [5, 5.41) is 1.19. The number of benzene rings is 2. The fourth-order valence-electron chi connectivity index (χ4n) is 4.01. The Hall–Kier alpha value is -3.56. The number of hydrogen-bond donors (Lipinski definition) is 0. The van der Waals surface area contributed by atoms with Crippen molar-refractivity contribution in [1.82, 2.24) is 9.21 Å². The molecule has 8 nitrogen and oxygen atoms in total. The molecule has 1 fully saturated rings. The SMILES string of the molecule is COc1ccc(CCN(Cc2ccco2)C(=O)CN(C2CC2)S(=O)(=O)/C=C/c2ccccc2)cc1OC. The van der Waals surface area contributed by atoms with E-state index in [-0.39, 0.29) is 25.0 Å². The van der Waals surface area contributed by atoms with Crippen LogP contribution in [0.4, 0.5) is 0 Å². The number of carbonyl (C=O) groups is 1. The molecular weight excluding hydrogens is 492 g/mol. The molecule has 0 spiro atoms. The molecular formula is C28H32N2O6S. The van der Waals surface area contributed by atoms with Gasteiger partial charge in [0.05, 0.1) is 33.6 Å². The number of carbonyl (C=O) groups excluding carboxylic acids is 1. The standard InChI is InChI=1S/C28H32N2O6S/c1-34-26-13-10-23(19-27(26)35-2)14-16-29(20-25-9-6-17-36-25)28(31)21-30(24-11-12-24)37(32,33)18-15-22-7-4-3-5-8-22/h3-10,13,15,17-19,24H,11-12,14,16,20-21H2,1-2H3/b18-15+. The van der Waals surface area contributed by atoms with Crippen LogP contribution >= 0.6 is 0 Å². The minimum Gasteiger partial charge on any atom is -0.493 e. The number of sulfonamides is 1. The van der Waals surface area contributed by atoms with E-state index in [1.165, 1.54) is 9.71 Å². The molecule has 1 aliphatic rings. The van der Waals surface area contributed by atoms with Gasteiger partial charge in [0.1, 0.15) is 5.76 Å². The summed E-state index contributed by atoms with van der Waals surface area (Å²) >= 11 is 0. The van der Waals surface area contributed by atoms with E-state index in [1.807, 2.05) is 48.5 Å². The second kappa shape index (κ2) is 12.1. The Balaban J connectivity index is 1.49. The normalized spacial score (nSPS) is 13.7. The number of nitrogens with zero attached hydrogens (tertiary/aromatic N) is 2. The Morgan fingerprint density at radius 1 is 1.03 bits per heavy atom. The second-order valence-electron chi connectivity index (χ2n) is 8.87. The van der Waals surface area contributed by atoms with Crippen LogP contribution in [0, 0.1) is 0 Å². The van der Waals surface area contributed by atoms with Crippen LogP contribution in [0.25, 0.3) is 6.08 Å². The summed E-state index contributed by atoms with van der Waals surface area (Å²) in [5.74, 6) is 1.59. The van der Waals surface area contributed by atoms with Crippen LogP contribution < -0.4 is 9.47 Å². The molecule has 1 amide bonds. The Morgan fingerprint density at radius 3 is 2.43 bits per heavy atom. The van der Waals surface area contributed by atoms with E-state index in [0.717, 1.165) is 24.0 Å². The first-order chi connectivity index (χ1) is 17.9. The number of amides is 1. The fourth-order valence-corrected chi connectivity index (χ4v) is 5.41. The molecule has 1 aromatic heterocycles. The molecule has 0 N–H and O–H groups in total. The first-order valence-electron chi connectivity index (χ1n) is 12.2. The highest BCUT2D eigenvalue weighted by Gasteiger charge is 2.38. The Bertz CT molecular complexity index is 1300. The molecule has 0 radical (unpaired) electrons.